The van der Waals surface area contributed by atoms with E-state index in [1.165, 1.54) is 25.3 Å². The van der Waals surface area contributed by atoms with Gasteiger partial charge in [0.05, 0.1) is 6.10 Å². The molecule has 6 heteroatoms. The van der Waals surface area contributed by atoms with Gasteiger partial charge in [0, 0.05) is 6.54 Å². The Hall–Kier alpha value is -1.56. The topological polar surface area (TPSA) is 98.7 Å². The van der Waals surface area contributed by atoms with Crippen molar-refractivity contribution in [3.8, 4) is 0 Å². The maximum Gasteiger partial charge on any atom is 0.328 e. The summed E-state index contributed by atoms with van der Waals surface area (Å²) < 4.78 is 0. The van der Waals surface area contributed by atoms with Crippen LogP contribution >= 0.6 is 0 Å². The maximum atomic E-state index is 11.5. The van der Waals surface area contributed by atoms with E-state index < -0.39 is 24.1 Å². The summed E-state index contributed by atoms with van der Waals surface area (Å²) in [6.07, 6.45) is 6.47. The Morgan fingerprint density at radius 2 is 2.16 bits per heavy atom. The number of aliphatic carboxylic acids is 1. The normalized spacial score (nSPS) is 18.1. The second-order valence-corrected chi connectivity index (χ2v) is 4.81. The zero-order valence-electron chi connectivity index (χ0n) is 11.2. The highest BCUT2D eigenvalue weighted by Gasteiger charge is 2.24. The Balaban J connectivity index is 2.27. The van der Waals surface area contributed by atoms with Crippen molar-refractivity contribution in [3.63, 3.8) is 0 Å². The second kappa shape index (κ2) is 7.78. The van der Waals surface area contributed by atoms with Gasteiger partial charge in [-0.25, -0.2) is 9.59 Å². The number of nitrogens with one attached hydrogen (secondary N) is 2. The summed E-state index contributed by atoms with van der Waals surface area (Å²) >= 11 is 0. The van der Waals surface area contributed by atoms with Gasteiger partial charge in [-0.1, -0.05) is 11.6 Å². The number of hydrogen-bond donors (Lipinski definition) is 4. The van der Waals surface area contributed by atoms with Gasteiger partial charge >= 0.3 is 12.0 Å². The third-order valence-electron chi connectivity index (χ3n) is 3.15. The van der Waals surface area contributed by atoms with Gasteiger partial charge in [-0.3, -0.25) is 0 Å². The smallest absolute Gasteiger partial charge is 0.328 e. The zero-order chi connectivity index (χ0) is 14.3. The van der Waals surface area contributed by atoms with E-state index >= 15 is 0 Å². The molecule has 2 amide bonds. The summed E-state index contributed by atoms with van der Waals surface area (Å²) in [6.45, 7) is 1.80. The molecule has 0 bridgehead atoms. The minimum Gasteiger partial charge on any atom is -0.480 e. The molecule has 108 valence electrons. The lowest BCUT2D eigenvalue weighted by Gasteiger charge is -2.18. The van der Waals surface area contributed by atoms with E-state index in [4.69, 9.17) is 5.11 Å². The predicted molar refractivity (Wildman–Crippen MR) is 70.8 cm³/mol. The first-order valence-electron chi connectivity index (χ1n) is 6.64. The SMILES string of the molecule is C[C@@H](O)[C@H](NC(=O)NCCC1=CCCCC1)C(=O)O. The van der Waals surface area contributed by atoms with Crippen molar-refractivity contribution in [2.45, 2.75) is 51.2 Å². The van der Waals surface area contributed by atoms with Crippen LogP contribution in [-0.2, 0) is 4.79 Å². The summed E-state index contributed by atoms with van der Waals surface area (Å²) in [7, 11) is 0. The monoisotopic (exact) mass is 270 g/mol. The van der Waals surface area contributed by atoms with Crippen LogP contribution in [0.25, 0.3) is 0 Å². The van der Waals surface area contributed by atoms with E-state index in [0.29, 0.717) is 6.54 Å². The number of amides is 2. The Labute approximate surface area is 112 Å². The van der Waals surface area contributed by atoms with Crippen molar-refractivity contribution in [3.05, 3.63) is 11.6 Å². The molecule has 19 heavy (non-hydrogen) atoms. The van der Waals surface area contributed by atoms with Crippen LogP contribution in [0.4, 0.5) is 4.79 Å². The standard InChI is InChI=1S/C13H22N2O4/c1-9(16)11(12(17)18)15-13(19)14-8-7-10-5-3-2-4-6-10/h5,9,11,16H,2-4,6-8H2,1H3,(H,17,18)(H2,14,15,19)/t9-,11+/m1/s1. The highest BCUT2D eigenvalue weighted by Crippen LogP contribution is 2.19. The number of allylic oxidation sites excluding steroid dienone is 1. The zero-order valence-corrected chi connectivity index (χ0v) is 11.2. The van der Waals surface area contributed by atoms with E-state index in [-0.39, 0.29) is 0 Å². The fourth-order valence-corrected chi connectivity index (χ4v) is 2.05. The molecule has 0 aromatic heterocycles. The number of rotatable bonds is 6. The van der Waals surface area contributed by atoms with Gasteiger partial charge in [0.1, 0.15) is 0 Å². The largest absolute Gasteiger partial charge is 0.480 e. The molecule has 0 saturated heterocycles. The molecule has 1 aliphatic rings. The first-order chi connectivity index (χ1) is 9.00. The summed E-state index contributed by atoms with van der Waals surface area (Å²) in [6, 6.07) is -1.85. The Bertz CT molecular complexity index is 353. The lowest BCUT2D eigenvalue weighted by molar-refractivity contribution is -0.141. The Morgan fingerprint density at radius 3 is 2.68 bits per heavy atom. The molecule has 0 fully saturated rings. The van der Waals surface area contributed by atoms with Gasteiger partial charge in [0.2, 0.25) is 0 Å². The molecule has 1 aliphatic carbocycles. The molecule has 4 N–H and O–H groups in total. The van der Waals surface area contributed by atoms with Crippen molar-refractivity contribution in [1.82, 2.24) is 10.6 Å². The van der Waals surface area contributed by atoms with E-state index in [2.05, 4.69) is 16.7 Å². The molecule has 1 rings (SSSR count). The molecule has 0 unspecified atom stereocenters. The van der Waals surface area contributed by atoms with E-state index in [1.807, 2.05) is 0 Å². The molecular formula is C13H22N2O4. The number of urea groups is 1. The molecule has 0 saturated carbocycles. The van der Waals surface area contributed by atoms with Crippen LogP contribution < -0.4 is 10.6 Å². The average molecular weight is 270 g/mol. The van der Waals surface area contributed by atoms with Crippen LogP contribution in [0.2, 0.25) is 0 Å². The first kappa shape index (κ1) is 15.5. The third-order valence-corrected chi connectivity index (χ3v) is 3.15. The molecule has 2 atom stereocenters. The molecule has 0 heterocycles. The van der Waals surface area contributed by atoms with Crippen LogP contribution in [-0.4, -0.2) is 40.9 Å². The summed E-state index contributed by atoms with van der Waals surface area (Å²) in [5.74, 6) is -1.25. The second-order valence-electron chi connectivity index (χ2n) is 4.81. The van der Waals surface area contributed by atoms with Gasteiger partial charge in [-0.15, -0.1) is 0 Å². The summed E-state index contributed by atoms with van der Waals surface area (Å²) in [5, 5.41) is 22.9. The molecule has 6 nitrogen and oxygen atoms in total. The molecule has 0 aliphatic heterocycles. The molecule has 0 spiro atoms. The van der Waals surface area contributed by atoms with Crippen LogP contribution in [0.1, 0.15) is 39.0 Å². The average Bonchev–Trinajstić information content (AvgIpc) is 2.36. The molecule has 0 radical (unpaired) electrons. The highest BCUT2D eigenvalue weighted by molar-refractivity contribution is 5.82. The van der Waals surface area contributed by atoms with Gasteiger partial charge in [-0.2, -0.15) is 0 Å². The van der Waals surface area contributed by atoms with E-state index in [1.54, 1.807) is 0 Å². The summed E-state index contributed by atoms with van der Waals surface area (Å²) in [4.78, 5) is 22.3. The number of carboxylic acids is 1. The maximum absolute atomic E-state index is 11.5. The predicted octanol–water partition coefficient (Wildman–Crippen LogP) is 1.01. The quantitative estimate of drug-likeness (QED) is 0.541. The third kappa shape index (κ3) is 5.74. The number of carbonyl (C=O) groups is 2. The minimum atomic E-state index is -1.28. The fraction of sp³-hybridized carbons (Fsp3) is 0.692. The van der Waals surface area contributed by atoms with E-state index in [9.17, 15) is 14.7 Å². The van der Waals surface area contributed by atoms with Crippen molar-refractivity contribution >= 4 is 12.0 Å². The van der Waals surface area contributed by atoms with Crippen LogP contribution in [0, 0.1) is 0 Å². The number of hydrogen-bond acceptors (Lipinski definition) is 3. The van der Waals surface area contributed by atoms with Crippen molar-refractivity contribution < 1.29 is 19.8 Å². The molecular weight excluding hydrogens is 248 g/mol. The van der Waals surface area contributed by atoms with Crippen molar-refractivity contribution in [1.29, 1.82) is 0 Å². The fourth-order valence-electron chi connectivity index (χ4n) is 2.05. The van der Waals surface area contributed by atoms with Crippen LogP contribution in [0.5, 0.6) is 0 Å². The number of carboxylic acid groups (broad SMARTS) is 1. The number of aliphatic hydroxyl groups excluding tert-OH is 1. The van der Waals surface area contributed by atoms with Gasteiger partial charge < -0.3 is 20.8 Å². The minimum absolute atomic E-state index is 0.476. The van der Waals surface area contributed by atoms with E-state index in [0.717, 1.165) is 19.3 Å². The van der Waals surface area contributed by atoms with Crippen molar-refractivity contribution in [2.24, 2.45) is 0 Å². The Kier molecular flexibility index (Phi) is 6.35. The number of aliphatic hydroxyl groups is 1. The molecule has 0 aromatic rings. The molecule has 0 aromatic carbocycles. The lowest BCUT2D eigenvalue weighted by Crippen LogP contribution is -2.51. The highest BCUT2D eigenvalue weighted by atomic mass is 16.4. The van der Waals surface area contributed by atoms with Crippen molar-refractivity contribution in [2.75, 3.05) is 6.54 Å². The van der Waals surface area contributed by atoms with Crippen LogP contribution in [0.3, 0.4) is 0 Å². The van der Waals surface area contributed by atoms with Gasteiger partial charge in [-0.05, 0) is 39.0 Å². The van der Waals surface area contributed by atoms with Crippen LogP contribution in [0.15, 0.2) is 11.6 Å². The Morgan fingerprint density at radius 1 is 1.42 bits per heavy atom. The number of carbonyl (C=O) groups excluding carboxylic acids is 1. The lowest BCUT2D eigenvalue weighted by atomic mass is 9.97. The van der Waals surface area contributed by atoms with Gasteiger partial charge in [0.25, 0.3) is 0 Å². The van der Waals surface area contributed by atoms with Gasteiger partial charge in [0.15, 0.2) is 6.04 Å². The first-order valence-corrected chi connectivity index (χ1v) is 6.64. The summed E-state index contributed by atoms with van der Waals surface area (Å²) in [5.41, 5.74) is 1.34.